The molecule has 0 saturated heterocycles. The van der Waals surface area contributed by atoms with Crippen molar-refractivity contribution < 1.29 is 14.3 Å². The van der Waals surface area contributed by atoms with E-state index in [1.807, 2.05) is 47.8 Å². The highest BCUT2D eigenvalue weighted by atomic mass is 32.1. The van der Waals surface area contributed by atoms with Gasteiger partial charge in [-0.3, -0.25) is 0 Å². The summed E-state index contributed by atoms with van der Waals surface area (Å²) in [5.41, 5.74) is 9.47. The van der Waals surface area contributed by atoms with Crippen LogP contribution in [-0.2, 0) is 4.74 Å². The van der Waals surface area contributed by atoms with Crippen molar-refractivity contribution >= 4 is 44.5 Å². The number of thiophene rings is 2. The number of fused-ring (bicyclic) bond motifs is 1. The highest BCUT2D eigenvalue weighted by molar-refractivity contribution is 7.21. The normalized spacial score (nSPS) is 10.9. The summed E-state index contributed by atoms with van der Waals surface area (Å²) in [7, 11) is 2.98. The van der Waals surface area contributed by atoms with Crippen LogP contribution < -0.4 is 10.5 Å². The molecule has 27 heavy (non-hydrogen) atoms. The number of nitrogen functional groups attached to an aromatic ring is 1. The van der Waals surface area contributed by atoms with E-state index in [-0.39, 0.29) is 0 Å². The third kappa shape index (κ3) is 3.05. The zero-order valence-electron chi connectivity index (χ0n) is 14.7. The molecule has 136 valence electrons. The third-order valence-electron chi connectivity index (χ3n) is 4.24. The summed E-state index contributed by atoms with van der Waals surface area (Å²) in [6.45, 7) is 0. The summed E-state index contributed by atoms with van der Waals surface area (Å²) >= 11 is 2.87. The summed E-state index contributed by atoms with van der Waals surface area (Å²) in [6.07, 6.45) is 0. The molecule has 0 aliphatic carbocycles. The number of aromatic nitrogens is 1. The Labute approximate surface area is 164 Å². The van der Waals surface area contributed by atoms with Gasteiger partial charge < -0.3 is 15.2 Å². The van der Waals surface area contributed by atoms with Gasteiger partial charge in [0.05, 0.1) is 30.5 Å². The molecule has 3 heterocycles. The topological polar surface area (TPSA) is 74.4 Å². The fraction of sp³-hybridized carbons (Fsp3) is 0.100. The second kappa shape index (κ2) is 7.02. The predicted octanol–water partition coefficient (Wildman–Crippen LogP) is 5.07. The van der Waals surface area contributed by atoms with Gasteiger partial charge in [-0.05, 0) is 40.8 Å². The van der Waals surface area contributed by atoms with Crippen molar-refractivity contribution in [2.75, 3.05) is 20.0 Å². The SMILES string of the molecule is COC(=O)c1sc2nc(-c3cccs3)cc(-c3ccc(OC)cc3)c2c1N. The Balaban J connectivity index is 2.00. The van der Waals surface area contributed by atoms with Crippen molar-refractivity contribution in [3.63, 3.8) is 0 Å². The number of nitrogens with two attached hydrogens (primary N) is 1. The molecule has 1 aromatic carbocycles. The molecule has 0 aliphatic rings. The van der Waals surface area contributed by atoms with E-state index in [1.54, 1.807) is 18.4 Å². The average Bonchev–Trinajstić information content (AvgIpc) is 3.35. The molecule has 3 aromatic heterocycles. The van der Waals surface area contributed by atoms with E-state index >= 15 is 0 Å². The number of methoxy groups -OCH3 is 2. The largest absolute Gasteiger partial charge is 0.497 e. The van der Waals surface area contributed by atoms with Crippen LogP contribution in [0.2, 0.25) is 0 Å². The Hall–Kier alpha value is -2.90. The predicted molar refractivity (Wildman–Crippen MR) is 111 cm³/mol. The summed E-state index contributed by atoms with van der Waals surface area (Å²) in [5, 5.41) is 2.78. The van der Waals surface area contributed by atoms with Gasteiger partial charge in [-0.25, -0.2) is 9.78 Å². The van der Waals surface area contributed by atoms with E-state index in [2.05, 4.69) is 0 Å². The number of hydrogen-bond donors (Lipinski definition) is 1. The van der Waals surface area contributed by atoms with Crippen LogP contribution in [0.3, 0.4) is 0 Å². The highest BCUT2D eigenvalue weighted by Gasteiger charge is 2.22. The number of carbonyl (C=O) groups excluding carboxylic acids is 1. The number of benzene rings is 1. The fourth-order valence-electron chi connectivity index (χ4n) is 2.91. The summed E-state index contributed by atoms with van der Waals surface area (Å²) < 4.78 is 10.1. The number of ether oxygens (including phenoxy) is 2. The molecule has 0 fully saturated rings. The van der Waals surface area contributed by atoms with E-state index in [1.165, 1.54) is 18.4 Å². The van der Waals surface area contributed by atoms with Crippen molar-refractivity contribution in [3.8, 4) is 27.4 Å². The van der Waals surface area contributed by atoms with E-state index in [4.69, 9.17) is 20.2 Å². The lowest BCUT2D eigenvalue weighted by Crippen LogP contribution is -2.01. The first-order chi connectivity index (χ1) is 13.1. The molecule has 0 saturated carbocycles. The maximum Gasteiger partial charge on any atom is 0.350 e. The lowest BCUT2D eigenvalue weighted by Gasteiger charge is -2.09. The van der Waals surface area contributed by atoms with Gasteiger partial charge in [0.2, 0.25) is 0 Å². The van der Waals surface area contributed by atoms with Crippen LogP contribution in [0.15, 0.2) is 47.8 Å². The second-order valence-electron chi connectivity index (χ2n) is 5.78. The molecule has 0 radical (unpaired) electrons. The van der Waals surface area contributed by atoms with Gasteiger partial charge in [0.15, 0.2) is 0 Å². The molecule has 4 rings (SSSR count). The van der Waals surface area contributed by atoms with Gasteiger partial charge in [-0.15, -0.1) is 22.7 Å². The minimum Gasteiger partial charge on any atom is -0.497 e. The number of carbonyl (C=O) groups is 1. The minimum absolute atomic E-state index is 0.373. The van der Waals surface area contributed by atoms with Crippen LogP contribution in [0.25, 0.3) is 31.9 Å². The number of nitrogens with zero attached hydrogens (tertiary/aromatic N) is 1. The smallest absolute Gasteiger partial charge is 0.350 e. The molecule has 0 bridgehead atoms. The summed E-state index contributed by atoms with van der Waals surface area (Å²) in [4.78, 5) is 19.0. The van der Waals surface area contributed by atoms with Crippen molar-refractivity contribution in [2.45, 2.75) is 0 Å². The molecule has 0 spiro atoms. The van der Waals surface area contributed by atoms with E-state index in [0.717, 1.165) is 32.8 Å². The van der Waals surface area contributed by atoms with Gasteiger partial charge in [-0.1, -0.05) is 18.2 Å². The molecular weight excluding hydrogens is 380 g/mol. The Bertz CT molecular complexity index is 1120. The second-order valence-corrected chi connectivity index (χ2v) is 7.72. The molecule has 5 nitrogen and oxygen atoms in total. The van der Waals surface area contributed by atoms with Gasteiger partial charge in [0, 0.05) is 5.39 Å². The standard InChI is InChI=1S/C20H16N2O3S2/c1-24-12-7-5-11(6-8-12)13-10-14(15-4-3-9-26-15)22-19-16(13)17(21)18(27-19)20(23)25-2/h3-10H,21H2,1-2H3. The van der Waals surface area contributed by atoms with Crippen LogP contribution in [0.1, 0.15) is 9.67 Å². The lowest BCUT2D eigenvalue weighted by molar-refractivity contribution is 0.0607. The van der Waals surface area contributed by atoms with Gasteiger partial charge in [0.25, 0.3) is 0 Å². The van der Waals surface area contributed by atoms with Crippen LogP contribution in [0.5, 0.6) is 5.75 Å². The number of hydrogen-bond acceptors (Lipinski definition) is 7. The summed E-state index contributed by atoms with van der Waals surface area (Å²) in [6, 6.07) is 13.8. The first-order valence-electron chi connectivity index (χ1n) is 8.12. The maximum atomic E-state index is 12.1. The van der Waals surface area contributed by atoms with Gasteiger partial charge in [0.1, 0.15) is 15.5 Å². The van der Waals surface area contributed by atoms with Crippen molar-refractivity contribution in [1.29, 1.82) is 0 Å². The number of anilines is 1. The Morgan fingerprint density at radius 2 is 1.93 bits per heavy atom. The first kappa shape index (κ1) is 17.5. The number of esters is 1. The number of pyridine rings is 1. The molecule has 2 N–H and O–H groups in total. The number of rotatable bonds is 4. The molecule has 0 aliphatic heterocycles. The van der Waals surface area contributed by atoms with Gasteiger partial charge in [-0.2, -0.15) is 0 Å². The average molecular weight is 396 g/mol. The quantitative estimate of drug-likeness (QED) is 0.488. The van der Waals surface area contributed by atoms with E-state index < -0.39 is 5.97 Å². The third-order valence-corrected chi connectivity index (χ3v) is 6.22. The first-order valence-corrected chi connectivity index (χ1v) is 9.81. The maximum absolute atomic E-state index is 12.1. The van der Waals surface area contributed by atoms with Crippen LogP contribution in [0.4, 0.5) is 5.69 Å². The Morgan fingerprint density at radius 3 is 2.56 bits per heavy atom. The zero-order chi connectivity index (χ0) is 19.0. The molecule has 0 unspecified atom stereocenters. The van der Waals surface area contributed by atoms with Crippen LogP contribution in [-0.4, -0.2) is 25.2 Å². The van der Waals surface area contributed by atoms with Crippen LogP contribution in [0, 0.1) is 0 Å². The van der Waals surface area contributed by atoms with E-state index in [9.17, 15) is 4.79 Å². The molecule has 0 amide bonds. The van der Waals surface area contributed by atoms with Crippen molar-refractivity contribution in [2.24, 2.45) is 0 Å². The zero-order valence-corrected chi connectivity index (χ0v) is 16.3. The molecule has 4 aromatic rings. The Kier molecular flexibility index (Phi) is 4.55. The molecule has 0 atom stereocenters. The van der Waals surface area contributed by atoms with Gasteiger partial charge >= 0.3 is 5.97 Å². The van der Waals surface area contributed by atoms with Crippen LogP contribution >= 0.6 is 22.7 Å². The van der Waals surface area contributed by atoms with Crippen molar-refractivity contribution in [3.05, 3.63) is 52.7 Å². The lowest BCUT2D eigenvalue weighted by atomic mass is 10.0. The van der Waals surface area contributed by atoms with Crippen molar-refractivity contribution in [1.82, 2.24) is 4.98 Å². The van der Waals surface area contributed by atoms with E-state index in [0.29, 0.717) is 15.4 Å². The minimum atomic E-state index is -0.450. The molecular formula is C20H16N2O3S2. The monoisotopic (exact) mass is 396 g/mol. The fourth-order valence-corrected chi connectivity index (χ4v) is 4.64. The molecule has 7 heteroatoms. The Morgan fingerprint density at radius 1 is 1.15 bits per heavy atom. The highest BCUT2D eigenvalue weighted by Crippen LogP contribution is 2.42. The summed E-state index contributed by atoms with van der Waals surface area (Å²) in [5.74, 6) is 0.324.